The maximum absolute atomic E-state index is 5.64. The Balaban J connectivity index is 2.45. The second-order valence-corrected chi connectivity index (χ2v) is 5.90. The van der Waals surface area contributed by atoms with Crippen LogP contribution in [0.1, 0.15) is 40.5 Å². The smallest absolute Gasteiger partial charge is 0.0510 e. The maximum atomic E-state index is 5.64. The van der Waals surface area contributed by atoms with Gasteiger partial charge < -0.3 is 4.74 Å². The summed E-state index contributed by atoms with van der Waals surface area (Å²) in [4.78, 5) is 0. The Morgan fingerprint density at radius 2 is 2.13 bits per heavy atom. The number of rotatable bonds is 4. The predicted molar refractivity (Wildman–Crippen MR) is 63.3 cm³/mol. The number of hydrogen-bond acceptors (Lipinski definition) is 3. The molecule has 3 unspecified atom stereocenters. The van der Waals surface area contributed by atoms with Gasteiger partial charge in [-0.2, -0.15) is 0 Å². The Hall–Kier alpha value is -0.120. The molecular weight excluding hydrogens is 188 g/mol. The summed E-state index contributed by atoms with van der Waals surface area (Å²) < 4.78 is 5.41. The van der Waals surface area contributed by atoms with Gasteiger partial charge in [-0.05, 0) is 24.2 Å². The van der Waals surface area contributed by atoms with Gasteiger partial charge in [0.15, 0.2) is 0 Å². The normalized spacial score (nSPS) is 26.6. The number of nitrogens with one attached hydrogen (secondary N) is 1. The molecule has 3 N–H and O–H groups in total. The highest BCUT2D eigenvalue weighted by molar-refractivity contribution is 4.82. The minimum absolute atomic E-state index is 0.356. The van der Waals surface area contributed by atoms with Crippen LogP contribution in [0.4, 0.5) is 0 Å². The fraction of sp³-hybridized carbons (Fsp3) is 1.00. The summed E-state index contributed by atoms with van der Waals surface area (Å²) in [5.74, 6) is 6.90. The van der Waals surface area contributed by atoms with Gasteiger partial charge in [0.1, 0.15) is 0 Å². The van der Waals surface area contributed by atoms with Crippen LogP contribution >= 0.6 is 0 Å². The third kappa shape index (κ3) is 3.74. The van der Waals surface area contributed by atoms with E-state index in [1.165, 1.54) is 0 Å². The molecule has 0 bridgehead atoms. The third-order valence-electron chi connectivity index (χ3n) is 3.83. The first kappa shape index (κ1) is 12.9. The van der Waals surface area contributed by atoms with Crippen molar-refractivity contribution in [3.05, 3.63) is 0 Å². The minimum Gasteiger partial charge on any atom is -0.381 e. The van der Waals surface area contributed by atoms with Crippen LogP contribution in [0.3, 0.4) is 0 Å². The van der Waals surface area contributed by atoms with E-state index in [9.17, 15) is 0 Å². The summed E-state index contributed by atoms with van der Waals surface area (Å²) in [6.07, 6.45) is 2.28. The molecule has 0 aromatic heterocycles. The first-order valence-corrected chi connectivity index (χ1v) is 5.99. The highest BCUT2D eigenvalue weighted by Crippen LogP contribution is 2.31. The van der Waals surface area contributed by atoms with Crippen molar-refractivity contribution in [3.8, 4) is 0 Å². The second-order valence-electron chi connectivity index (χ2n) is 5.90. The molecule has 3 atom stereocenters. The van der Waals surface area contributed by atoms with Crippen LogP contribution in [0.25, 0.3) is 0 Å². The molecule has 1 fully saturated rings. The Labute approximate surface area is 93.7 Å². The van der Waals surface area contributed by atoms with Crippen molar-refractivity contribution in [2.24, 2.45) is 23.1 Å². The standard InChI is InChI=1S/C12H26N2O/c1-9(12(2,3)4)7-11(14-13)10-5-6-15-8-10/h9-11,14H,5-8,13H2,1-4H3. The van der Waals surface area contributed by atoms with Crippen LogP contribution in [0.2, 0.25) is 0 Å². The average molecular weight is 214 g/mol. The Bertz CT molecular complexity index is 183. The van der Waals surface area contributed by atoms with Crippen LogP contribution in [0, 0.1) is 17.3 Å². The molecule has 0 saturated carbocycles. The molecule has 3 heteroatoms. The Morgan fingerprint density at radius 3 is 2.53 bits per heavy atom. The van der Waals surface area contributed by atoms with Crippen LogP contribution in [-0.2, 0) is 4.74 Å². The van der Waals surface area contributed by atoms with Crippen LogP contribution in [-0.4, -0.2) is 19.3 Å². The van der Waals surface area contributed by atoms with Crippen LogP contribution < -0.4 is 11.3 Å². The zero-order chi connectivity index (χ0) is 11.5. The highest BCUT2D eigenvalue weighted by atomic mass is 16.5. The molecule has 1 aliphatic rings. The molecule has 0 amide bonds. The summed E-state index contributed by atoms with van der Waals surface area (Å²) in [6.45, 7) is 10.9. The Kier molecular flexibility index (Phi) is 4.56. The van der Waals surface area contributed by atoms with Gasteiger partial charge in [-0.15, -0.1) is 0 Å². The number of nitrogens with two attached hydrogens (primary N) is 1. The Morgan fingerprint density at radius 1 is 1.47 bits per heavy atom. The van der Waals surface area contributed by atoms with E-state index >= 15 is 0 Å². The molecule has 1 saturated heterocycles. The molecule has 0 spiro atoms. The van der Waals surface area contributed by atoms with E-state index in [0.717, 1.165) is 26.1 Å². The van der Waals surface area contributed by atoms with E-state index in [0.29, 0.717) is 23.3 Å². The fourth-order valence-corrected chi connectivity index (χ4v) is 2.00. The molecule has 90 valence electrons. The van der Waals surface area contributed by atoms with Gasteiger partial charge in [0, 0.05) is 18.6 Å². The summed E-state index contributed by atoms with van der Waals surface area (Å²) in [5.41, 5.74) is 3.32. The SMILES string of the molecule is CC(CC(NN)C1CCOC1)C(C)(C)C. The molecule has 1 rings (SSSR count). The fourth-order valence-electron chi connectivity index (χ4n) is 2.00. The lowest BCUT2D eigenvalue weighted by Gasteiger charge is -2.32. The van der Waals surface area contributed by atoms with Crippen molar-refractivity contribution in [1.29, 1.82) is 0 Å². The van der Waals surface area contributed by atoms with E-state index in [1.54, 1.807) is 0 Å². The molecule has 1 aliphatic heterocycles. The monoisotopic (exact) mass is 214 g/mol. The summed E-state index contributed by atoms with van der Waals surface area (Å²) in [7, 11) is 0. The average Bonchev–Trinajstić information content (AvgIpc) is 2.64. The quantitative estimate of drug-likeness (QED) is 0.555. The summed E-state index contributed by atoms with van der Waals surface area (Å²) in [6, 6.07) is 0.404. The zero-order valence-corrected chi connectivity index (χ0v) is 10.5. The molecule has 0 aliphatic carbocycles. The first-order chi connectivity index (χ1) is 6.95. The lowest BCUT2D eigenvalue weighted by molar-refractivity contribution is 0.158. The van der Waals surface area contributed by atoms with Gasteiger partial charge in [0.25, 0.3) is 0 Å². The van der Waals surface area contributed by atoms with Gasteiger partial charge >= 0.3 is 0 Å². The minimum atomic E-state index is 0.356. The van der Waals surface area contributed by atoms with Gasteiger partial charge in [-0.3, -0.25) is 11.3 Å². The lowest BCUT2D eigenvalue weighted by atomic mass is 9.76. The molecule has 15 heavy (non-hydrogen) atoms. The van der Waals surface area contributed by atoms with E-state index in [-0.39, 0.29) is 0 Å². The molecule has 3 nitrogen and oxygen atoms in total. The summed E-state index contributed by atoms with van der Waals surface area (Å²) in [5, 5.41) is 0. The molecule has 1 heterocycles. The van der Waals surface area contributed by atoms with Crippen molar-refractivity contribution < 1.29 is 4.74 Å². The number of hydrogen-bond donors (Lipinski definition) is 2. The maximum Gasteiger partial charge on any atom is 0.0510 e. The highest BCUT2D eigenvalue weighted by Gasteiger charge is 2.29. The van der Waals surface area contributed by atoms with Crippen LogP contribution in [0.15, 0.2) is 0 Å². The van der Waals surface area contributed by atoms with Crippen molar-refractivity contribution >= 4 is 0 Å². The second kappa shape index (κ2) is 5.28. The topological polar surface area (TPSA) is 47.3 Å². The van der Waals surface area contributed by atoms with Crippen molar-refractivity contribution in [3.63, 3.8) is 0 Å². The van der Waals surface area contributed by atoms with Crippen molar-refractivity contribution in [2.45, 2.75) is 46.6 Å². The first-order valence-electron chi connectivity index (χ1n) is 5.99. The van der Waals surface area contributed by atoms with E-state index in [4.69, 9.17) is 10.6 Å². The largest absolute Gasteiger partial charge is 0.381 e. The van der Waals surface area contributed by atoms with Crippen molar-refractivity contribution in [2.75, 3.05) is 13.2 Å². The van der Waals surface area contributed by atoms with E-state index < -0.39 is 0 Å². The summed E-state index contributed by atoms with van der Waals surface area (Å²) >= 11 is 0. The molecular formula is C12H26N2O. The van der Waals surface area contributed by atoms with Crippen LogP contribution in [0.5, 0.6) is 0 Å². The van der Waals surface area contributed by atoms with Gasteiger partial charge in [-0.25, -0.2) is 0 Å². The predicted octanol–water partition coefficient (Wildman–Crippen LogP) is 1.93. The van der Waals surface area contributed by atoms with Gasteiger partial charge in [0.05, 0.1) is 6.61 Å². The van der Waals surface area contributed by atoms with Gasteiger partial charge in [0.2, 0.25) is 0 Å². The number of ether oxygens (including phenoxy) is 1. The van der Waals surface area contributed by atoms with Crippen molar-refractivity contribution in [1.82, 2.24) is 5.43 Å². The van der Waals surface area contributed by atoms with E-state index in [1.807, 2.05) is 0 Å². The third-order valence-corrected chi connectivity index (χ3v) is 3.83. The number of hydrazine groups is 1. The van der Waals surface area contributed by atoms with Gasteiger partial charge in [-0.1, -0.05) is 27.7 Å². The zero-order valence-electron chi connectivity index (χ0n) is 10.5. The van der Waals surface area contributed by atoms with E-state index in [2.05, 4.69) is 33.1 Å². The lowest BCUT2D eigenvalue weighted by Crippen LogP contribution is -2.43. The molecule has 0 aromatic carbocycles. The molecule has 0 radical (unpaired) electrons. The molecule has 0 aromatic rings.